The Hall–Kier alpha value is -2.25. The zero-order valence-corrected chi connectivity index (χ0v) is 18.6. The zero-order valence-electron chi connectivity index (χ0n) is 17.8. The number of benzene rings is 1. The van der Waals surface area contributed by atoms with E-state index in [1.807, 2.05) is 17.0 Å². The van der Waals surface area contributed by atoms with Crippen LogP contribution in [0.4, 0.5) is 4.39 Å². The molecule has 0 bridgehead atoms. The minimum Gasteiger partial charge on any atom is -0.396 e. The lowest BCUT2D eigenvalue weighted by Crippen LogP contribution is -2.51. The summed E-state index contributed by atoms with van der Waals surface area (Å²) in [5, 5.41) is 17.7. The number of halogens is 1. The first-order valence-corrected chi connectivity index (χ1v) is 12.0. The molecule has 0 aliphatic carbocycles. The van der Waals surface area contributed by atoms with Gasteiger partial charge in [0.25, 0.3) is 5.91 Å². The first-order chi connectivity index (χ1) is 14.6. The van der Waals surface area contributed by atoms with E-state index >= 15 is 0 Å². The molecule has 1 aliphatic heterocycles. The van der Waals surface area contributed by atoms with E-state index in [4.69, 9.17) is 10.3 Å². The number of hydrogen-bond acceptors (Lipinski definition) is 6. The highest BCUT2D eigenvalue weighted by molar-refractivity contribution is 7.92. The average molecular weight is 453 g/mol. The summed E-state index contributed by atoms with van der Waals surface area (Å²) in [6.45, 7) is 2.90. The van der Waals surface area contributed by atoms with Crippen LogP contribution in [0.1, 0.15) is 43.7 Å². The number of unbranched alkanes of at least 4 members (excludes halogenated alkanes) is 1. The Morgan fingerprint density at radius 2 is 2.13 bits per heavy atom. The molecule has 1 aromatic carbocycles. The van der Waals surface area contributed by atoms with Crippen molar-refractivity contribution in [3.8, 4) is 11.8 Å². The van der Waals surface area contributed by atoms with E-state index < -0.39 is 26.3 Å². The SMILES string of the molecule is CC(CCN1CC=C(c2ccc(C#CCCCO)c(F)c2)CC1)(C(=O)NO)S(C)(=O)=O. The second-order valence-electron chi connectivity index (χ2n) is 7.80. The van der Waals surface area contributed by atoms with Gasteiger partial charge in [-0.05, 0) is 49.5 Å². The van der Waals surface area contributed by atoms with Crippen molar-refractivity contribution in [2.75, 3.05) is 32.5 Å². The Bertz CT molecular complexity index is 997. The van der Waals surface area contributed by atoms with E-state index in [1.54, 1.807) is 6.07 Å². The Balaban J connectivity index is 2.02. The number of aliphatic hydroxyl groups excluding tert-OH is 1. The van der Waals surface area contributed by atoms with Gasteiger partial charge in [0.15, 0.2) is 14.6 Å². The first kappa shape index (κ1) is 25.0. The summed E-state index contributed by atoms with van der Waals surface area (Å²) < 4.78 is 36.8. The number of aliphatic hydroxyl groups is 1. The fraction of sp³-hybridized carbons (Fsp3) is 0.500. The number of rotatable bonds is 8. The third-order valence-electron chi connectivity index (χ3n) is 5.62. The third-order valence-corrected chi connectivity index (χ3v) is 7.65. The maximum Gasteiger partial charge on any atom is 0.264 e. The van der Waals surface area contributed by atoms with Gasteiger partial charge in [-0.1, -0.05) is 24.0 Å². The van der Waals surface area contributed by atoms with Crippen LogP contribution in [0.5, 0.6) is 0 Å². The molecule has 1 amide bonds. The summed E-state index contributed by atoms with van der Waals surface area (Å²) in [6, 6.07) is 4.94. The molecule has 1 atom stereocenters. The first-order valence-electron chi connectivity index (χ1n) is 10.1. The molecule has 9 heteroatoms. The molecule has 0 saturated carbocycles. The van der Waals surface area contributed by atoms with Gasteiger partial charge in [0.05, 0.1) is 5.56 Å². The fourth-order valence-corrected chi connectivity index (χ4v) is 4.12. The van der Waals surface area contributed by atoms with Gasteiger partial charge < -0.3 is 5.11 Å². The molecule has 1 heterocycles. The molecule has 0 radical (unpaired) electrons. The molecule has 170 valence electrons. The highest BCUT2D eigenvalue weighted by Crippen LogP contribution is 2.26. The van der Waals surface area contributed by atoms with Gasteiger partial charge >= 0.3 is 0 Å². The van der Waals surface area contributed by atoms with Crippen molar-refractivity contribution in [3.05, 3.63) is 41.2 Å². The number of carbonyl (C=O) groups excluding carboxylic acids is 1. The monoisotopic (exact) mass is 452 g/mol. The van der Waals surface area contributed by atoms with Gasteiger partial charge in [-0.3, -0.25) is 14.9 Å². The average Bonchev–Trinajstić information content (AvgIpc) is 2.74. The number of sulfone groups is 1. The lowest BCUT2D eigenvalue weighted by atomic mass is 9.97. The minimum atomic E-state index is -3.73. The molecule has 1 aliphatic rings. The van der Waals surface area contributed by atoms with Crippen LogP contribution in [0.3, 0.4) is 0 Å². The molecule has 7 nitrogen and oxygen atoms in total. The number of hydroxylamine groups is 1. The molecule has 1 unspecified atom stereocenters. The molecule has 1 aromatic rings. The van der Waals surface area contributed by atoms with Gasteiger partial charge in [0.2, 0.25) is 0 Å². The van der Waals surface area contributed by atoms with E-state index in [9.17, 15) is 17.6 Å². The van der Waals surface area contributed by atoms with Crippen LogP contribution in [0.15, 0.2) is 24.3 Å². The summed E-state index contributed by atoms with van der Waals surface area (Å²) in [5.74, 6) is 4.28. The van der Waals surface area contributed by atoms with Crippen molar-refractivity contribution in [3.63, 3.8) is 0 Å². The second kappa shape index (κ2) is 10.9. The number of hydrogen-bond donors (Lipinski definition) is 3. The molecule has 2 rings (SSSR count). The molecule has 0 aromatic heterocycles. The van der Waals surface area contributed by atoms with Gasteiger partial charge in [-0.2, -0.15) is 0 Å². The van der Waals surface area contributed by atoms with Crippen molar-refractivity contribution in [2.24, 2.45) is 0 Å². The lowest BCUT2D eigenvalue weighted by Gasteiger charge is -2.31. The van der Waals surface area contributed by atoms with Crippen molar-refractivity contribution in [1.82, 2.24) is 10.4 Å². The van der Waals surface area contributed by atoms with Crippen LogP contribution in [0.2, 0.25) is 0 Å². The quantitative estimate of drug-likeness (QED) is 0.240. The van der Waals surface area contributed by atoms with Crippen LogP contribution < -0.4 is 5.48 Å². The second-order valence-corrected chi connectivity index (χ2v) is 10.2. The van der Waals surface area contributed by atoms with E-state index in [2.05, 4.69) is 11.8 Å². The summed E-state index contributed by atoms with van der Waals surface area (Å²) in [7, 11) is -3.73. The Labute approximate surface area is 182 Å². The highest BCUT2D eigenvalue weighted by Gasteiger charge is 2.43. The summed E-state index contributed by atoms with van der Waals surface area (Å²) in [5.41, 5.74) is 3.54. The van der Waals surface area contributed by atoms with Gasteiger partial charge in [-0.15, -0.1) is 0 Å². The van der Waals surface area contributed by atoms with Crippen LogP contribution >= 0.6 is 0 Å². The number of carbonyl (C=O) groups is 1. The van der Waals surface area contributed by atoms with E-state index in [1.165, 1.54) is 18.5 Å². The highest BCUT2D eigenvalue weighted by atomic mass is 32.2. The van der Waals surface area contributed by atoms with Crippen LogP contribution in [-0.4, -0.2) is 66.8 Å². The van der Waals surface area contributed by atoms with Crippen molar-refractivity contribution in [2.45, 2.75) is 37.4 Å². The van der Waals surface area contributed by atoms with Crippen molar-refractivity contribution in [1.29, 1.82) is 0 Å². The van der Waals surface area contributed by atoms with E-state index in [0.717, 1.165) is 17.4 Å². The lowest BCUT2D eigenvalue weighted by molar-refractivity contribution is -0.131. The number of amides is 1. The van der Waals surface area contributed by atoms with E-state index in [-0.39, 0.29) is 13.0 Å². The molecule has 3 N–H and O–H groups in total. The predicted molar refractivity (Wildman–Crippen MR) is 116 cm³/mol. The number of nitrogens with zero attached hydrogens (tertiary/aromatic N) is 1. The standard InChI is InChI=1S/C22H29FN2O5S/c1-22(21(27)24-28,31(2,29)30)11-14-25-12-9-17(10-13-25)19-8-7-18(20(23)16-19)6-4-3-5-15-26/h7-9,16,26,28H,3,5,10-15H2,1-2H3,(H,24,27). The normalized spacial score (nSPS) is 16.6. The van der Waals surface area contributed by atoms with Gasteiger partial charge in [0, 0.05) is 38.9 Å². The summed E-state index contributed by atoms with van der Waals surface area (Å²) >= 11 is 0. The third kappa shape index (κ3) is 6.37. The minimum absolute atomic E-state index is 0.0413. The Morgan fingerprint density at radius 1 is 1.39 bits per heavy atom. The zero-order chi connectivity index (χ0) is 23.1. The van der Waals surface area contributed by atoms with Crippen molar-refractivity contribution >= 4 is 21.3 Å². The van der Waals surface area contributed by atoms with Crippen LogP contribution in [-0.2, 0) is 14.6 Å². The molecular weight excluding hydrogens is 423 g/mol. The van der Waals surface area contributed by atoms with Crippen LogP contribution in [0.25, 0.3) is 5.57 Å². The summed E-state index contributed by atoms with van der Waals surface area (Å²) in [4.78, 5) is 13.9. The van der Waals surface area contributed by atoms with Gasteiger partial charge in [0.1, 0.15) is 5.82 Å². The Morgan fingerprint density at radius 3 is 2.68 bits per heavy atom. The fourth-order valence-electron chi connectivity index (χ4n) is 3.27. The number of nitrogens with one attached hydrogen (secondary N) is 1. The summed E-state index contributed by atoms with van der Waals surface area (Å²) in [6.07, 6.45) is 4.71. The van der Waals surface area contributed by atoms with Crippen molar-refractivity contribution < 1.29 is 27.9 Å². The largest absolute Gasteiger partial charge is 0.396 e. The van der Waals surface area contributed by atoms with E-state index in [0.29, 0.717) is 44.5 Å². The molecular formula is C22H29FN2O5S. The maximum absolute atomic E-state index is 14.4. The smallest absolute Gasteiger partial charge is 0.264 e. The molecule has 31 heavy (non-hydrogen) atoms. The predicted octanol–water partition coefficient (Wildman–Crippen LogP) is 1.74. The Kier molecular flexibility index (Phi) is 8.77. The molecule has 0 fully saturated rings. The molecule has 0 spiro atoms. The van der Waals surface area contributed by atoms with Gasteiger partial charge in [-0.25, -0.2) is 18.3 Å². The van der Waals surface area contributed by atoms with Crippen LogP contribution in [0, 0.1) is 17.7 Å². The molecule has 0 saturated heterocycles. The maximum atomic E-state index is 14.4. The topological polar surface area (TPSA) is 107 Å².